The lowest BCUT2D eigenvalue weighted by molar-refractivity contribution is -0.142. The van der Waals surface area contributed by atoms with Gasteiger partial charge in [0, 0.05) is 66.3 Å². The molecule has 3 aromatic carbocycles. The smallest absolute Gasteiger partial charge is 0.326 e. The maximum absolute atomic E-state index is 14.6. The third-order valence-corrected chi connectivity index (χ3v) is 18.7. The van der Waals surface area contributed by atoms with Crippen molar-refractivity contribution in [3.63, 3.8) is 0 Å². The van der Waals surface area contributed by atoms with Gasteiger partial charge in [-0.25, -0.2) is 9.78 Å². The van der Waals surface area contributed by atoms with Crippen molar-refractivity contribution in [1.82, 2.24) is 78.3 Å². The number of H-pyrrole nitrogens is 2. The molecule has 5 aromatic rings. The fourth-order valence-corrected chi connectivity index (χ4v) is 12.5. The lowest BCUT2D eigenvalue weighted by Crippen LogP contribution is -2.62. The Balaban J connectivity index is 1.12. The first kappa shape index (κ1) is 86.8. The minimum atomic E-state index is -1.77. The van der Waals surface area contributed by atoms with Crippen LogP contribution in [0.4, 0.5) is 0 Å². The van der Waals surface area contributed by atoms with Crippen molar-refractivity contribution >= 4 is 113 Å². The van der Waals surface area contributed by atoms with E-state index in [1.54, 1.807) is 101 Å². The van der Waals surface area contributed by atoms with Crippen molar-refractivity contribution in [2.75, 3.05) is 37.7 Å². The number of imidazole rings is 1. The Hall–Kier alpha value is -10.1. The van der Waals surface area contributed by atoms with Gasteiger partial charge in [-0.2, -0.15) is 25.3 Å². The summed E-state index contributed by atoms with van der Waals surface area (Å²) in [5, 5.41) is 69.6. The number of nitrogens with zero attached hydrogens (tertiary/aromatic N) is 2. The molecule has 0 saturated carbocycles. The molecule has 1 aliphatic rings. The third-order valence-electron chi connectivity index (χ3n) is 17.9. The van der Waals surface area contributed by atoms with E-state index in [1.165, 1.54) is 36.5 Å². The number of phenols is 1. The molecule has 0 radical (unpaired) electrons. The number of unbranched alkanes of at least 4 members (excludes halogenated alkanes) is 1. The van der Waals surface area contributed by atoms with Crippen molar-refractivity contribution in [2.24, 2.45) is 23.3 Å². The molecule has 6 rings (SSSR count). The number of amides is 12. The van der Waals surface area contributed by atoms with Crippen molar-refractivity contribution < 1.29 is 82.8 Å². The van der Waals surface area contributed by atoms with Crippen LogP contribution in [0.2, 0.25) is 0 Å². The maximum atomic E-state index is 14.6. The molecule has 1 fully saturated rings. The van der Waals surface area contributed by atoms with Gasteiger partial charge in [-0.15, -0.1) is 0 Å². The molecule has 34 nitrogen and oxygen atoms in total. The number of carboxylic acid groups (broad SMARTS) is 1. The number of aromatic nitrogens is 3. The number of aliphatic hydroxyl groups excluding tert-OH is 2. The average molecular weight is 1540 g/mol. The number of hydrogen-bond acceptors (Lipinski definition) is 21. The molecule has 12 amide bonds. The van der Waals surface area contributed by atoms with E-state index in [9.17, 15) is 82.8 Å². The molecule has 1 aliphatic heterocycles. The van der Waals surface area contributed by atoms with Crippen molar-refractivity contribution in [1.29, 1.82) is 0 Å². The molecule has 0 bridgehead atoms. The van der Waals surface area contributed by atoms with Gasteiger partial charge < -0.3 is 105 Å². The van der Waals surface area contributed by atoms with Gasteiger partial charge in [0.2, 0.25) is 70.9 Å². The highest BCUT2D eigenvalue weighted by Crippen LogP contribution is 2.22. The van der Waals surface area contributed by atoms with Crippen LogP contribution in [0.5, 0.6) is 5.75 Å². The number of carbonyl (C=O) groups is 13. The van der Waals surface area contributed by atoms with Gasteiger partial charge in [0.05, 0.1) is 31.6 Å². The third kappa shape index (κ3) is 26.4. The topological polar surface area (TPSA) is 535 Å². The largest absolute Gasteiger partial charge is 0.508 e. The number of rotatable bonds is 43. The Morgan fingerprint density at radius 1 is 0.583 bits per heavy atom. The first-order chi connectivity index (χ1) is 51.4. The van der Waals surface area contributed by atoms with E-state index < -0.39 is 175 Å². The van der Waals surface area contributed by atoms with E-state index in [0.717, 1.165) is 0 Å². The summed E-state index contributed by atoms with van der Waals surface area (Å²) in [6.07, 6.45) is 3.58. The van der Waals surface area contributed by atoms with Crippen molar-refractivity contribution in [2.45, 2.75) is 177 Å². The second-order valence-corrected chi connectivity index (χ2v) is 28.0. The number of aromatic amines is 2. The van der Waals surface area contributed by atoms with E-state index in [2.05, 4.69) is 98.7 Å². The Kier molecular flexibility index (Phi) is 34.6. The molecule has 3 heterocycles. The fraction of sp³-hybridized carbons (Fsp3) is 0.500. The van der Waals surface area contributed by atoms with Gasteiger partial charge in [-0.1, -0.05) is 88.4 Å². The number of aliphatic carboxylic acids is 1. The normalized spacial score (nSPS) is 16.1. The highest BCUT2D eigenvalue weighted by molar-refractivity contribution is 7.80. The Bertz CT molecular complexity index is 3870. The maximum Gasteiger partial charge on any atom is 0.326 e. The second kappa shape index (κ2) is 43.0. The molecule has 0 spiro atoms. The number of nitrogens with one attached hydrogen (secondary N) is 13. The van der Waals surface area contributed by atoms with Crippen LogP contribution < -0.4 is 70.0 Å². The summed E-state index contributed by atoms with van der Waals surface area (Å²) in [6, 6.07) is 4.60. The Morgan fingerprint density at radius 3 is 1.72 bits per heavy atom. The number of carbonyl (C=O) groups excluding carboxylic acids is 12. The number of aliphatic hydroxyl groups is 2. The van der Waals surface area contributed by atoms with Gasteiger partial charge in [0.15, 0.2) is 0 Å². The minimum Gasteiger partial charge on any atom is -0.508 e. The predicted octanol–water partition coefficient (Wildman–Crippen LogP) is -2.70. The molecule has 108 heavy (non-hydrogen) atoms. The van der Waals surface area contributed by atoms with Crippen LogP contribution >= 0.6 is 25.3 Å². The number of benzene rings is 3. The molecule has 36 heteroatoms. The average Bonchev–Trinajstić information content (AvgIpc) is 1.67. The van der Waals surface area contributed by atoms with E-state index in [0.29, 0.717) is 59.1 Å². The molecule has 21 N–H and O–H groups in total. The highest BCUT2D eigenvalue weighted by Gasteiger charge is 2.40. The molecule has 2 aromatic heterocycles. The molecule has 13 unspecified atom stereocenters. The van der Waals surface area contributed by atoms with E-state index in [1.807, 2.05) is 0 Å². The number of phenolic OH excluding ortho intramolecular Hbond substituents is 1. The summed E-state index contributed by atoms with van der Waals surface area (Å²) < 4.78 is 0. The van der Waals surface area contributed by atoms with Crippen LogP contribution in [0.1, 0.15) is 95.5 Å². The summed E-state index contributed by atoms with van der Waals surface area (Å²) in [6.45, 7) is 6.74. The summed E-state index contributed by atoms with van der Waals surface area (Å²) in [7, 11) is 0. The number of fused-ring (bicyclic) bond motifs is 1. The van der Waals surface area contributed by atoms with Gasteiger partial charge in [-0.3, -0.25) is 57.5 Å². The Morgan fingerprint density at radius 2 is 1.12 bits per heavy atom. The molecular weight excluding hydrogens is 1440 g/mol. The molecule has 0 aliphatic carbocycles. The molecule has 1 saturated heterocycles. The Labute approximate surface area is 635 Å². The first-order valence-electron chi connectivity index (χ1n) is 35.6. The van der Waals surface area contributed by atoms with E-state index >= 15 is 0 Å². The number of para-hydroxylation sites is 1. The van der Waals surface area contributed by atoms with Crippen molar-refractivity contribution in [3.8, 4) is 5.75 Å². The lowest BCUT2D eigenvalue weighted by atomic mass is 9.99. The standard InChI is InChI=1S/C72H101N17O17S2/c1-38(2)26-50(64(97)88-60(40(5)91)71(104)83-52(29-43-31-76-48-17-10-9-16-46(43)48)65(98)87-59(39(3)4)70(103)86-56(36-108)67(100)79-49(72(105)106)18-11-12-24-73)82-69(102)57-19-13-25-89(57)58(93)33-77-62(95)51(28-41-14-7-6-8-15-41)80-63(96)53(30-44-32-75-37-78-44)81-68(101)55(35-107)85-66(99)54(34-90)84-61(94)47(74)27-42-20-22-45(92)23-21-42/h6-10,14-17,20-23,31-32,37-40,47,49-57,59-60,76,90-92,107-108H,11-13,18-19,24-30,33-36,73-74H2,1-5H3,(H,75,78)(H,77,95)(H,79,100)(H,80,96)(H,81,101)(H,82,102)(H,83,104)(H,84,94)(H,85,99)(H,86,103)(H,87,98)(H,88,97)(H,105,106). The number of carboxylic acids is 1. The molecular formula is C72H101N17O17S2. The summed E-state index contributed by atoms with van der Waals surface area (Å²) in [5.41, 5.74) is 14.4. The van der Waals surface area contributed by atoms with Gasteiger partial charge in [0.1, 0.15) is 72.2 Å². The van der Waals surface area contributed by atoms with E-state index in [4.69, 9.17) is 11.5 Å². The second-order valence-electron chi connectivity index (χ2n) is 27.2. The zero-order valence-electron chi connectivity index (χ0n) is 60.8. The number of nitrogens with two attached hydrogens (primary N) is 2. The number of aromatic hydroxyl groups is 1. The zero-order chi connectivity index (χ0) is 79.3. The van der Waals surface area contributed by atoms with E-state index in [-0.39, 0.29) is 74.7 Å². The minimum absolute atomic E-state index is 0.00274. The lowest BCUT2D eigenvalue weighted by Gasteiger charge is -2.30. The SMILES string of the molecule is CC(C)CC(NC(=O)C1CCCN1C(=O)CNC(=O)C(Cc1ccccc1)NC(=O)C(Cc1cnc[nH]1)NC(=O)C(CS)NC(=O)C(CO)NC(=O)C(N)Cc1ccc(O)cc1)C(=O)NC(C(=O)NC(Cc1c[nH]c2ccccc12)C(=O)NC(C(=O)NC(CS)C(=O)NC(CCCCN)C(=O)O)C(C)C)C(C)O. The van der Waals surface area contributed by atoms with Gasteiger partial charge in [-0.05, 0) is 105 Å². The summed E-state index contributed by atoms with van der Waals surface area (Å²) in [4.78, 5) is 192. The van der Waals surface area contributed by atoms with Gasteiger partial charge >= 0.3 is 5.97 Å². The number of likely N-dealkylation sites (tertiary alicyclic amines) is 1. The highest BCUT2D eigenvalue weighted by atomic mass is 32.1. The zero-order valence-corrected chi connectivity index (χ0v) is 62.5. The predicted molar refractivity (Wildman–Crippen MR) is 403 cm³/mol. The van der Waals surface area contributed by atoms with Crippen LogP contribution in [0.3, 0.4) is 0 Å². The van der Waals surface area contributed by atoms with Crippen LogP contribution in [0.15, 0.2) is 97.6 Å². The van der Waals surface area contributed by atoms with Crippen LogP contribution in [-0.4, -0.2) is 233 Å². The van der Waals surface area contributed by atoms with Crippen LogP contribution in [0, 0.1) is 11.8 Å². The molecule has 588 valence electrons. The van der Waals surface area contributed by atoms with Crippen LogP contribution in [-0.2, 0) is 88.0 Å². The summed E-state index contributed by atoms with van der Waals surface area (Å²) in [5.74, 6) is -13.3. The molecule has 13 atom stereocenters. The first-order valence-corrected chi connectivity index (χ1v) is 36.9. The summed E-state index contributed by atoms with van der Waals surface area (Å²) >= 11 is 8.48. The number of thiol groups is 2. The van der Waals surface area contributed by atoms with Crippen LogP contribution in [0.25, 0.3) is 10.9 Å². The monoisotopic (exact) mass is 1540 g/mol. The number of hydrogen-bond donors (Lipinski definition) is 21. The quantitative estimate of drug-likeness (QED) is 0.0139. The van der Waals surface area contributed by atoms with Crippen molar-refractivity contribution in [3.05, 3.63) is 120 Å². The fourth-order valence-electron chi connectivity index (χ4n) is 12.0. The van der Waals surface area contributed by atoms with Gasteiger partial charge in [0.25, 0.3) is 0 Å².